The molecule has 1 aliphatic heterocycles. The fourth-order valence-corrected chi connectivity index (χ4v) is 3.63. The van der Waals surface area contributed by atoms with E-state index in [1.807, 2.05) is 28.8 Å². The first-order valence-corrected chi connectivity index (χ1v) is 8.84. The van der Waals surface area contributed by atoms with Crippen molar-refractivity contribution in [2.75, 3.05) is 13.1 Å². The molecule has 130 valence electrons. The van der Waals surface area contributed by atoms with Crippen LogP contribution in [0.2, 0.25) is 0 Å². The average molecular weight is 337 g/mol. The number of nitrogens with zero attached hydrogens (tertiary/aromatic N) is 5. The lowest BCUT2D eigenvalue weighted by Gasteiger charge is -2.39. The van der Waals surface area contributed by atoms with Crippen molar-refractivity contribution in [3.8, 4) is 0 Å². The highest BCUT2D eigenvalue weighted by Gasteiger charge is 2.31. The Morgan fingerprint density at radius 1 is 1.16 bits per heavy atom. The van der Waals surface area contributed by atoms with Crippen LogP contribution in [-0.4, -0.2) is 43.0 Å². The number of aromatic nitrogens is 4. The van der Waals surface area contributed by atoms with Gasteiger partial charge in [-0.15, -0.1) is 0 Å². The quantitative estimate of drug-likeness (QED) is 0.718. The second kappa shape index (κ2) is 6.35. The molecule has 0 unspecified atom stereocenters. The van der Waals surface area contributed by atoms with Crippen LogP contribution < -0.4 is 0 Å². The zero-order valence-electron chi connectivity index (χ0n) is 14.7. The first kappa shape index (κ1) is 15.9. The monoisotopic (exact) mass is 337 g/mol. The standard InChI is InChI=1S/C19H23N5O/c1-3-22-8-5-16-4-6-21-17(19(16)22)10-15-11-24(12-15)18(25)13-23-9-7-20-14(23)2/h4-9,15H,3,10-13H2,1-2H3. The lowest BCUT2D eigenvalue weighted by atomic mass is 9.93. The molecular weight excluding hydrogens is 314 g/mol. The van der Waals surface area contributed by atoms with E-state index in [1.54, 1.807) is 6.20 Å². The van der Waals surface area contributed by atoms with Gasteiger partial charge in [0.25, 0.3) is 0 Å². The molecule has 0 aliphatic carbocycles. The minimum atomic E-state index is 0.167. The van der Waals surface area contributed by atoms with E-state index < -0.39 is 0 Å². The summed E-state index contributed by atoms with van der Waals surface area (Å²) in [6.45, 7) is 7.03. The highest BCUT2D eigenvalue weighted by atomic mass is 16.2. The van der Waals surface area contributed by atoms with Crippen molar-refractivity contribution in [3.05, 3.63) is 48.4 Å². The maximum atomic E-state index is 12.4. The first-order valence-electron chi connectivity index (χ1n) is 8.84. The maximum absolute atomic E-state index is 12.4. The molecule has 1 fully saturated rings. The molecule has 0 saturated carbocycles. The molecule has 1 amide bonds. The van der Waals surface area contributed by atoms with Crippen LogP contribution in [0.5, 0.6) is 0 Å². The van der Waals surface area contributed by atoms with Crippen LogP contribution in [0, 0.1) is 12.8 Å². The molecule has 25 heavy (non-hydrogen) atoms. The molecule has 0 radical (unpaired) electrons. The predicted octanol–water partition coefficient (Wildman–Crippen LogP) is 2.26. The largest absolute Gasteiger partial charge is 0.346 e. The summed E-state index contributed by atoms with van der Waals surface area (Å²) >= 11 is 0. The van der Waals surface area contributed by atoms with Gasteiger partial charge >= 0.3 is 0 Å². The third-order valence-electron chi connectivity index (χ3n) is 5.11. The van der Waals surface area contributed by atoms with E-state index in [1.165, 1.54) is 10.9 Å². The minimum Gasteiger partial charge on any atom is -0.346 e. The number of aryl methyl sites for hydroxylation is 2. The van der Waals surface area contributed by atoms with Crippen molar-refractivity contribution in [2.24, 2.45) is 5.92 Å². The third kappa shape index (κ3) is 2.92. The van der Waals surface area contributed by atoms with E-state index in [0.29, 0.717) is 12.5 Å². The second-order valence-corrected chi connectivity index (χ2v) is 6.77. The first-order chi connectivity index (χ1) is 12.2. The van der Waals surface area contributed by atoms with Crippen molar-refractivity contribution in [3.63, 3.8) is 0 Å². The Morgan fingerprint density at radius 3 is 2.72 bits per heavy atom. The second-order valence-electron chi connectivity index (χ2n) is 6.77. The van der Waals surface area contributed by atoms with Crippen LogP contribution in [0.25, 0.3) is 10.9 Å². The Labute approximate surface area is 147 Å². The maximum Gasteiger partial charge on any atom is 0.242 e. The van der Waals surface area contributed by atoms with Crippen molar-refractivity contribution in [1.82, 2.24) is 24.0 Å². The third-order valence-corrected chi connectivity index (χ3v) is 5.11. The Hall–Kier alpha value is -2.63. The summed E-state index contributed by atoms with van der Waals surface area (Å²) in [4.78, 5) is 23.1. The highest BCUT2D eigenvalue weighted by Crippen LogP contribution is 2.25. The van der Waals surface area contributed by atoms with E-state index >= 15 is 0 Å². The predicted molar refractivity (Wildman–Crippen MR) is 96.1 cm³/mol. The van der Waals surface area contributed by atoms with Gasteiger partial charge in [-0.1, -0.05) is 0 Å². The van der Waals surface area contributed by atoms with Gasteiger partial charge in [-0.05, 0) is 38.3 Å². The van der Waals surface area contributed by atoms with Gasteiger partial charge in [0, 0.05) is 49.8 Å². The SMILES string of the molecule is CCn1ccc2ccnc(CC3CN(C(=O)Cn4ccnc4C)C3)c21. The van der Waals surface area contributed by atoms with Gasteiger partial charge in [0.15, 0.2) is 0 Å². The minimum absolute atomic E-state index is 0.167. The zero-order valence-corrected chi connectivity index (χ0v) is 14.7. The number of likely N-dealkylation sites (tertiary alicyclic amines) is 1. The molecular formula is C19H23N5O. The van der Waals surface area contributed by atoms with Crippen molar-refractivity contribution in [1.29, 1.82) is 0 Å². The van der Waals surface area contributed by atoms with Crippen LogP contribution in [0.1, 0.15) is 18.4 Å². The number of fused-ring (bicyclic) bond motifs is 1. The summed E-state index contributed by atoms with van der Waals surface area (Å²) < 4.78 is 4.15. The fraction of sp³-hybridized carbons (Fsp3) is 0.421. The molecule has 0 N–H and O–H groups in total. The molecule has 0 spiro atoms. The molecule has 0 atom stereocenters. The van der Waals surface area contributed by atoms with E-state index in [2.05, 4.69) is 39.8 Å². The van der Waals surface area contributed by atoms with Crippen LogP contribution >= 0.6 is 0 Å². The van der Waals surface area contributed by atoms with Crippen LogP contribution in [-0.2, 0) is 24.3 Å². The summed E-state index contributed by atoms with van der Waals surface area (Å²) in [5.74, 6) is 1.54. The van der Waals surface area contributed by atoms with Crippen molar-refractivity contribution >= 4 is 16.8 Å². The summed E-state index contributed by atoms with van der Waals surface area (Å²) in [6.07, 6.45) is 8.53. The average Bonchev–Trinajstić information content (AvgIpc) is 3.17. The number of imidazole rings is 1. The van der Waals surface area contributed by atoms with Crippen molar-refractivity contribution in [2.45, 2.75) is 33.4 Å². The lowest BCUT2D eigenvalue weighted by molar-refractivity contribution is -0.138. The summed E-state index contributed by atoms with van der Waals surface area (Å²) in [6, 6.07) is 4.21. The highest BCUT2D eigenvalue weighted by molar-refractivity contribution is 5.82. The molecule has 3 aromatic rings. The smallest absolute Gasteiger partial charge is 0.242 e. The van der Waals surface area contributed by atoms with E-state index in [0.717, 1.165) is 37.6 Å². The molecule has 6 nitrogen and oxygen atoms in total. The topological polar surface area (TPSA) is 56.0 Å². The number of carbonyl (C=O) groups is 1. The zero-order chi connectivity index (χ0) is 17.4. The molecule has 0 bridgehead atoms. The number of rotatable bonds is 5. The van der Waals surface area contributed by atoms with Gasteiger partial charge in [-0.3, -0.25) is 9.78 Å². The summed E-state index contributed by atoms with van der Waals surface area (Å²) in [7, 11) is 0. The molecule has 0 aromatic carbocycles. The Morgan fingerprint density at radius 2 is 2.00 bits per heavy atom. The molecule has 4 rings (SSSR count). The van der Waals surface area contributed by atoms with Gasteiger partial charge in [-0.2, -0.15) is 0 Å². The number of amides is 1. The normalized spacial score (nSPS) is 14.9. The number of hydrogen-bond donors (Lipinski definition) is 0. The number of pyridine rings is 1. The van der Waals surface area contributed by atoms with Gasteiger partial charge in [-0.25, -0.2) is 4.98 Å². The molecule has 6 heteroatoms. The van der Waals surface area contributed by atoms with Gasteiger partial charge in [0.2, 0.25) is 5.91 Å². The van der Waals surface area contributed by atoms with Gasteiger partial charge in [0.1, 0.15) is 12.4 Å². The van der Waals surface area contributed by atoms with Gasteiger partial charge in [0.05, 0.1) is 11.2 Å². The van der Waals surface area contributed by atoms with E-state index in [-0.39, 0.29) is 5.91 Å². The van der Waals surface area contributed by atoms with E-state index in [4.69, 9.17) is 0 Å². The van der Waals surface area contributed by atoms with Crippen molar-refractivity contribution < 1.29 is 4.79 Å². The molecule has 1 saturated heterocycles. The van der Waals surface area contributed by atoms with Crippen LogP contribution in [0.4, 0.5) is 0 Å². The fourth-order valence-electron chi connectivity index (χ4n) is 3.63. The van der Waals surface area contributed by atoms with Crippen LogP contribution in [0.15, 0.2) is 36.9 Å². The Balaban J connectivity index is 1.39. The van der Waals surface area contributed by atoms with Gasteiger partial charge < -0.3 is 14.0 Å². The number of hydrogen-bond acceptors (Lipinski definition) is 3. The molecule has 1 aliphatic rings. The number of carbonyl (C=O) groups excluding carboxylic acids is 1. The van der Waals surface area contributed by atoms with Crippen LogP contribution in [0.3, 0.4) is 0 Å². The molecule has 3 aromatic heterocycles. The Kier molecular flexibility index (Phi) is 4.03. The molecule has 4 heterocycles. The lowest BCUT2D eigenvalue weighted by Crippen LogP contribution is -2.51. The summed E-state index contributed by atoms with van der Waals surface area (Å²) in [5, 5.41) is 1.25. The summed E-state index contributed by atoms with van der Waals surface area (Å²) in [5.41, 5.74) is 2.38. The van der Waals surface area contributed by atoms with E-state index in [9.17, 15) is 4.79 Å². The Bertz CT molecular complexity index is 904.